The van der Waals surface area contributed by atoms with Gasteiger partial charge in [-0.05, 0) is 61.4 Å². The molecule has 1 saturated carbocycles. The van der Waals surface area contributed by atoms with Crippen LogP contribution in [0.3, 0.4) is 0 Å². The third-order valence-electron chi connectivity index (χ3n) is 6.26. The van der Waals surface area contributed by atoms with Gasteiger partial charge in [-0.25, -0.2) is 9.78 Å². The van der Waals surface area contributed by atoms with E-state index in [0.717, 1.165) is 43.6 Å². The summed E-state index contributed by atoms with van der Waals surface area (Å²) in [4.78, 5) is 18.6. The molecule has 7 nitrogen and oxygen atoms in total. The molecule has 1 spiro atoms. The van der Waals surface area contributed by atoms with Crippen LogP contribution in [0, 0.1) is 5.92 Å². The molecule has 7 heteroatoms. The Morgan fingerprint density at radius 2 is 1.87 bits per heavy atom. The third-order valence-corrected chi connectivity index (χ3v) is 6.26. The molecular formula is C24H25N5O2. The quantitative estimate of drug-likeness (QED) is 0.659. The predicted octanol–water partition coefficient (Wildman–Crippen LogP) is 4.54. The fraction of sp³-hybridized carbons (Fsp3) is 0.333. The number of aromatic nitrogens is 3. The summed E-state index contributed by atoms with van der Waals surface area (Å²) in [7, 11) is 0. The molecule has 0 radical (unpaired) electrons. The van der Waals surface area contributed by atoms with Crippen molar-refractivity contribution in [2.45, 2.75) is 31.3 Å². The first-order chi connectivity index (χ1) is 15.2. The Morgan fingerprint density at radius 1 is 1.03 bits per heavy atom. The average Bonchev–Trinajstić information content (AvgIpc) is 3.16. The van der Waals surface area contributed by atoms with Crippen molar-refractivity contribution in [2.75, 3.05) is 23.3 Å². The van der Waals surface area contributed by atoms with Gasteiger partial charge in [-0.15, -0.1) is 5.10 Å². The Morgan fingerprint density at radius 3 is 2.58 bits per heavy atom. The van der Waals surface area contributed by atoms with Crippen molar-refractivity contribution in [3.8, 4) is 11.1 Å². The molecule has 2 aromatic heterocycles. The second kappa shape index (κ2) is 8.34. The lowest BCUT2D eigenvalue weighted by molar-refractivity contribution is 0.0148. The van der Waals surface area contributed by atoms with Gasteiger partial charge in [-0.3, -0.25) is 4.90 Å². The van der Waals surface area contributed by atoms with Crippen LogP contribution in [0.1, 0.15) is 25.7 Å². The van der Waals surface area contributed by atoms with Gasteiger partial charge in [0.05, 0.1) is 6.54 Å². The van der Waals surface area contributed by atoms with E-state index in [1.54, 1.807) is 23.2 Å². The maximum Gasteiger partial charge on any atom is 0.416 e. The lowest BCUT2D eigenvalue weighted by Crippen LogP contribution is -2.39. The van der Waals surface area contributed by atoms with Gasteiger partial charge >= 0.3 is 6.09 Å². The topological polar surface area (TPSA) is 80.2 Å². The molecule has 2 fully saturated rings. The molecule has 0 unspecified atom stereocenters. The zero-order valence-electron chi connectivity index (χ0n) is 17.3. The van der Waals surface area contributed by atoms with Gasteiger partial charge in [0.15, 0.2) is 5.82 Å². The molecule has 5 rings (SSSR count). The molecule has 158 valence electrons. The normalized spacial score (nSPS) is 23.0. The van der Waals surface area contributed by atoms with Crippen LogP contribution in [0.2, 0.25) is 0 Å². The number of nitrogens with zero attached hydrogens (tertiary/aromatic N) is 4. The minimum Gasteiger partial charge on any atom is -0.441 e. The van der Waals surface area contributed by atoms with E-state index < -0.39 is 5.60 Å². The summed E-state index contributed by atoms with van der Waals surface area (Å²) in [5, 5.41) is 11.4. The molecule has 31 heavy (non-hydrogen) atoms. The van der Waals surface area contributed by atoms with Crippen LogP contribution in [-0.4, -0.2) is 40.0 Å². The van der Waals surface area contributed by atoms with Gasteiger partial charge in [-0.1, -0.05) is 30.3 Å². The molecule has 1 amide bonds. The van der Waals surface area contributed by atoms with E-state index in [-0.39, 0.29) is 6.09 Å². The van der Waals surface area contributed by atoms with Crippen molar-refractivity contribution in [2.24, 2.45) is 5.92 Å². The Hall–Kier alpha value is -3.48. The van der Waals surface area contributed by atoms with Crippen LogP contribution in [0.25, 0.3) is 11.1 Å². The van der Waals surface area contributed by atoms with Gasteiger partial charge in [-0.2, -0.15) is 5.10 Å². The first-order valence-electron chi connectivity index (χ1n) is 10.7. The molecule has 3 aromatic rings. The van der Waals surface area contributed by atoms with Gasteiger partial charge in [0.2, 0.25) is 0 Å². The van der Waals surface area contributed by atoms with Crippen molar-refractivity contribution in [3.05, 3.63) is 67.0 Å². The highest BCUT2D eigenvalue weighted by Crippen LogP contribution is 2.40. The summed E-state index contributed by atoms with van der Waals surface area (Å²) < 4.78 is 5.81. The number of hydrogen-bond acceptors (Lipinski definition) is 6. The van der Waals surface area contributed by atoms with Crippen LogP contribution in [0.15, 0.2) is 67.0 Å². The zero-order chi connectivity index (χ0) is 21.1. The summed E-state index contributed by atoms with van der Waals surface area (Å²) in [5.41, 5.74) is 1.88. The Balaban J connectivity index is 1.14. The monoisotopic (exact) mass is 415 g/mol. The van der Waals surface area contributed by atoms with Crippen LogP contribution in [0.4, 0.5) is 16.4 Å². The fourth-order valence-electron chi connectivity index (χ4n) is 4.45. The smallest absolute Gasteiger partial charge is 0.416 e. The van der Waals surface area contributed by atoms with Crippen molar-refractivity contribution in [1.82, 2.24) is 15.2 Å². The molecule has 1 N–H and O–H groups in total. The number of pyridine rings is 1. The maximum atomic E-state index is 12.4. The van der Waals surface area contributed by atoms with E-state index in [2.05, 4.69) is 38.7 Å². The summed E-state index contributed by atoms with van der Waals surface area (Å²) in [6.45, 7) is 1.42. The fourth-order valence-corrected chi connectivity index (χ4v) is 4.45. The van der Waals surface area contributed by atoms with Crippen LogP contribution in [0.5, 0.6) is 0 Å². The second-order valence-electron chi connectivity index (χ2n) is 8.34. The number of hydrogen-bond donors (Lipinski definition) is 1. The Kier molecular flexibility index (Phi) is 5.24. The first-order valence-corrected chi connectivity index (χ1v) is 10.7. The van der Waals surface area contributed by atoms with E-state index in [9.17, 15) is 4.79 Å². The second-order valence-corrected chi connectivity index (χ2v) is 8.34. The summed E-state index contributed by atoms with van der Waals surface area (Å²) in [6, 6.07) is 18.0. The molecule has 2 aliphatic rings. The van der Waals surface area contributed by atoms with E-state index in [1.807, 2.05) is 30.5 Å². The number of carbonyl (C=O) groups excluding carboxylic acids is 1. The van der Waals surface area contributed by atoms with E-state index in [1.165, 1.54) is 5.56 Å². The molecule has 0 bridgehead atoms. The molecule has 0 atom stereocenters. The van der Waals surface area contributed by atoms with E-state index in [4.69, 9.17) is 4.74 Å². The zero-order valence-corrected chi connectivity index (χ0v) is 17.3. The molecule has 1 saturated heterocycles. The molecule has 1 aliphatic carbocycles. The minimum absolute atomic E-state index is 0.320. The average molecular weight is 415 g/mol. The Labute approximate surface area is 181 Å². The highest BCUT2D eigenvalue weighted by atomic mass is 16.6. The molecule has 3 heterocycles. The standard InChI is InChI=1S/C24H25N5O2/c30-23-29(22-7-4-14-27-28-22)17-24(31-23)12-10-18(11-13-24)15-25-21-9-8-20(16-26-21)19-5-2-1-3-6-19/h1-9,14,16,18H,10-13,15,17H2,(H,25,26). The number of carbonyl (C=O) groups is 1. The minimum atomic E-state index is -0.402. The maximum absolute atomic E-state index is 12.4. The summed E-state index contributed by atoms with van der Waals surface area (Å²) >= 11 is 0. The van der Waals surface area contributed by atoms with Gasteiger partial charge < -0.3 is 10.1 Å². The van der Waals surface area contributed by atoms with Crippen LogP contribution in [-0.2, 0) is 4.74 Å². The molecule has 1 aliphatic heterocycles. The summed E-state index contributed by atoms with van der Waals surface area (Å²) in [6.07, 6.45) is 6.94. The highest BCUT2D eigenvalue weighted by Gasteiger charge is 2.48. The van der Waals surface area contributed by atoms with E-state index >= 15 is 0 Å². The van der Waals surface area contributed by atoms with Crippen molar-refractivity contribution in [3.63, 3.8) is 0 Å². The van der Waals surface area contributed by atoms with Crippen LogP contribution < -0.4 is 10.2 Å². The lowest BCUT2D eigenvalue weighted by Gasteiger charge is -2.35. The van der Waals surface area contributed by atoms with Crippen LogP contribution >= 0.6 is 0 Å². The largest absolute Gasteiger partial charge is 0.441 e. The first kappa shape index (κ1) is 19.5. The van der Waals surface area contributed by atoms with Crippen molar-refractivity contribution < 1.29 is 9.53 Å². The van der Waals surface area contributed by atoms with Gasteiger partial charge in [0.1, 0.15) is 11.4 Å². The van der Waals surface area contributed by atoms with Gasteiger partial charge in [0, 0.05) is 24.5 Å². The number of ether oxygens (including phenoxy) is 1. The Bertz CT molecular complexity index is 1020. The number of amides is 1. The van der Waals surface area contributed by atoms with Crippen molar-refractivity contribution >= 4 is 17.7 Å². The highest BCUT2D eigenvalue weighted by molar-refractivity contribution is 5.89. The number of rotatable bonds is 5. The number of anilines is 2. The molecular weight excluding hydrogens is 390 g/mol. The molecule has 1 aromatic carbocycles. The van der Waals surface area contributed by atoms with Crippen molar-refractivity contribution in [1.29, 1.82) is 0 Å². The van der Waals surface area contributed by atoms with Gasteiger partial charge in [0.25, 0.3) is 0 Å². The van der Waals surface area contributed by atoms with E-state index in [0.29, 0.717) is 18.3 Å². The summed E-state index contributed by atoms with van der Waals surface area (Å²) in [5.74, 6) is 1.98. The predicted molar refractivity (Wildman–Crippen MR) is 119 cm³/mol. The SMILES string of the molecule is O=C1OC2(CCC(CNc3ccc(-c4ccccc4)cn3)CC2)CN1c1cccnn1. The number of nitrogens with one attached hydrogen (secondary N) is 1. The number of benzene rings is 1. The lowest BCUT2D eigenvalue weighted by atomic mass is 9.78. The third kappa shape index (κ3) is 4.21.